The third-order valence-electron chi connectivity index (χ3n) is 3.18. The van der Waals surface area contributed by atoms with Crippen LogP contribution < -0.4 is 5.32 Å². The summed E-state index contributed by atoms with van der Waals surface area (Å²) in [6, 6.07) is 16.7. The molecule has 0 bridgehead atoms. The molecule has 22 heavy (non-hydrogen) atoms. The van der Waals surface area contributed by atoms with Gasteiger partial charge in [0.1, 0.15) is 0 Å². The Morgan fingerprint density at radius 1 is 1.09 bits per heavy atom. The highest BCUT2D eigenvalue weighted by molar-refractivity contribution is 6.30. The van der Waals surface area contributed by atoms with Gasteiger partial charge in [0.15, 0.2) is 0 Å². The van der Waals surface area contributed by atoms with Crippen LogP contribution in [0.25, 0.3) is 0 Å². The molecule has 4 nitrogen and oxygen atoms in total. The smallest absolute Gasteiger partial charge is 0.255 e. The van der Waals surface area contributed by atoms with Crippen LogP contribution in [-0.4, -0.2) is 15.7 Å². The average Bonchev–Trinajstić information content (AvgIpc) is 2.97. The molecule has 0 atom stereocenters. The zero-order chi connectivity index (χ0) is 15.4. The summed E-state index contributed by atoms with van der Waals surface area (Å²) in [7, 11) is 0. The summed E-state index contributed by atoms with van der Waals surface area (Å²) in [5.41, 5.74) is 2.38. The number of amides is 1. The van der Waals surface area contributed by atoms with Gasteiger partial charge in [-0.15, -0.1) is 0 Å². The molecule has 1 N–H and O–H groups in total. The van der Waals surface area contributed by atoms with Gasteiger partial charge in [0.05, 0.1) is 18.4 Å². The summed E-state index contributed by atoms with van der Waals surface area (Å²) in [6.07, 6.45) is 3.44. The Hall–Kier alpha value is -2.59. The van der Waals surface area contributed by atoms with Crippen molar-refractivity contribution in [3.8, 4) is 0 Å². The number of halogens is 1. The topological polar surface area (TPSA) is 46.9 Å². The first-order chi connectivity index (χ1) is 10.7. The van der Waals surface area contributed by atoms with Crippen LogP contribution in [0, 0.1) is 0 Å². The summed E-state index contributed by atoms with van der Waals surface area (Å²) < 4.78 is 1.77. The standard InChI is InChI=1S/C17H14ClN3O/c18-15-8-6-13(7-9-15)11-21-12-16(10-19-21)20-17(22)14-4-2-1-3-5-14/h1-10,12H,11H2,(H,20,22). The molecule has 1 heterocycles. The molecule has 0 aliphatic rings. The Morgan fingerprint density at radius 2 is 1.82 bits per heavy atom. The molecule has 0 saturated heterocycles. The highest BCUT2D eigenvalue weighted by Gasteiger charge is 2.07. The van der Waals surface area contributed by atoms with E-state index in [0.29, 0.717) is 22.8 Å². The number of carbonyl (C=O) groups is 1. The predicted molar refractivity (Wildman–Crippen MR) is 87.2 cm³/mol. The lowest BCUT2D eigenvalue weighted by Crippen LogP contribution is -2.11. The van der Waals surface area contributed by atoms with Crippen molar-refractivity contribution in [2.24, 2.45) is 0 Å². The Labute approximate surface area is 133 Å². The molecule has 0 spiro atoms. The first kappa shape index (κ1) is 14.4. The van der Waals surface area contributed by atoms with E-state index in [4.69, 9.17) is 11.6 Å². The van der Waals surface area contributed by atoms with Crippen molar-refractivity contribution in [3.63, 3.8) is 0 Å². The lowest BCUT2D eigenvalue weighted by Gasteiger charge is -2.03. The van der Waals surface area contributed by atoms with Crippen LogP contribution in [0.2, 0.25) is 5.02 Å². The van der Waals surface area contributed by atoms with Crippen LogP contribution in [0.4, 0.5) is 5.69 Å². The van der Waals surface area contributed by atoms with Gasteiger partial charge >= 0.3 is 0 Å². The van der Waals surface area contributed by atoms with E-state index in [1.165, 1.54) is 0 Å². The fraction of sp³-hybridized carbons (Fsp3) is 0.0588. The normalized spacial score (nSPS) is 10.4. The second-order valence-corrected chi connectivity index (χ2v) is 5.31. The van der Waals surface area contributed by atoms with Crippen molar-refractivity contribution >= 4 is 23.2 Å². The molecule has 0 unspecified atom stereocenters. The number of rotatable bonds is 4. The molecule has 1 amide bonds. The van der Waals surface area contributed by atoms with Gasteiger partial charge < -0.3 is 5.32 Å². The Balaban J connectivity index is 1.66. The first-order valence-electron chi connectivity index (χ1n) is 6.84. The van der Waals surface area contributed by atoms with Crippen LogP contribution in [0.5, 0.6) is 0 Å². The van der Waals surface area contributed by atoms with E-state index in [1.54, 1.807) is 29.2 Å². The lowest BCUT2D eigenvalue weighted by molar-refractivity contribution is 0.102. The molecule has 3 rings (SSSR count). The summed E-state index contributed by atoms with van der Waals surface area (Å²) in [6.45, 7) is 0.623. The number of nitrogens with zero attached hydrogens (tertiary/aromatic N) is 2. The fourth-order valence-electron chi connectivity index (χ4n) is 2.08. The van der Waals surface area contributed by atoms with Gasteiger partial charge in [-0.1, -0.05) is 41.9 Å². The first-order valence-corrected chi connectivity index (χ1v) is 7.22. The maximum Gasteiger partial charge on any atom is 0.255 e. The van der Waals surface area contributed by atoms with Crippen LogP contribution in [0.3, 0.4) is 0 Å². The highest BCUT2D eigenvalue weighted by atomic mass is 35.5. The van der Waals surface area contributed by atoms with E-state index in [9.17, 15) is 4.79 Å². The maximum absolute atomic E-state index is 12.1. The summed E-state index contributed by atoms with van der Waals surface area (Å²) in [5, 5.41) is 7.79. The molecule has 1 aromatic heterocycles. The van der Waals surface area contributed by atoms with Crippen molar-refractivity contribution in [2.75, 3.05) is 5.32 Å². The number of hydrogen-bond donors (Lipinski definition) is 1. The van der Waals surface area contributed by atoms with Crippen LogP contribution in [0.1, 0.15) is 15.9 Å². The van der Waals surface area contributed by atoms with Gasteiger partial charge in [0, 0.05) is 16.8 Å². The van der Waals surface area contributed by atoms with Crippen molar-refractivity contribution in [1.29, 1.82) is 0 Å². The molecule has 0 radical (unpaired) electrons. The molecule has 0 aliphatic carbocycles. The van der Waals surface area contributed by atoms with Gasteiger partial charge in [0.2, 0.25) is 0 Å². The van der Waals surface area contributed by atoms with E-state index in [0.717, 1.165) is 5.56 Å². The third kappa shape index (κ3) is 3.54. The summed E-state index contributed by atoms with van der Waals surface area (Å²) in [5.74, 6) is -0.147. The van der Waals surface area contributed by atoms with Crippen LogP contribution in [0.15, 0.2) is 67.0 Å². The van der Waals surface area contributed by atoms with Gasteiger partial charge in [-0.2, -0.15) is 5.10 Å². The number of benzene rings is 2. The molecule has 0 saturated carbocycles. The second kappa shape index (κ2) is 6.45. The lowest BCUT2D eigenvalue weighted by atomic mass is 10.2. The minimum atomic E-state index is -0.147. The third-order valence-corrected chi connectivity index (χ3v) is 3.44. The molecule has 3 aromatic rings. The van der Waals surface area contributed by atoms with Crippen LogP contribution >= 0.6 is 11.6 Å². The summed E-state index contributed by atoms with van der Waals surface area (Å²) >= 11 is 5.86. The monoisotopic (exact) mass is 311 g/mol. The van der Waals surface area contributed by atoms with E-state index in [1.807, 2.05) is 42.5 Å². The van der Waals surface area contributed by atoms with E-state index >= 15 is 0 Å². The Morgan fingerprint density at radius 3 is 2.55 bits per heavy atom. The zero-order valence-electron chi connectivity index (χ0n) is 11.7. The summed E-state index contributed by atoms with van der Waals surface area (Å²) in [4.78, 5) is 12.1. The average molecular weight is 312 g/mol. The molecule has 5 heteroatoms. The number of aromatic nitrogens is 2. The number of carbonyl (C=O) groups excluding carboxylic acids is 1. The van der Waals surface area contributed by atoms with Gasteiger partial charge in [-0.05, 0) is 29.8 Å². The molecule has 0 fully saturated rings. The van der Waals surface area contributed by atoms with Crippen molar-refractivity contribution < 1.29 is 4.79 Å². The maximum atomic E-state index is 12.1. The quantitative estimate of drug-likeness (QED) is 0.796. The van der Waals surface area contributed by atoms with Crippen LogP contribution in [-0.2, 0) is 6.54 Å². The number of nitrogens with one attached hydrogen (secondary N) is 1. The molecule has 2 aromatic carbocycles. The molecular weight excluding hydrogens is 298 g/mol. The SMILES string of the molecule is O=C(Nc1cnn(Cc2ccc(Cl)cc2)c1)c1ccccc1. The van der Waals surface area contributed by atoms with E-state index < -0.39 is 0 Å². The molecular formula is C17H14ClN3O. The fourth-order valence-corrected chi connectivity index (χ4v) is 2.21. The van der Waals surface area contributed by atoms with E-state index in [2.05, 4.69) is 10.4 Å². The van der Waals surface area contributed by atoms with Crippen molar-refractivity contribution in [3.05, 3.63) is 83.1 Å². The second-order valence-electron chi connectivity index (χ2n) is 4.87. The Bertz CT molecular complexity index is 766. The minimum Gasteiger partial charge on any atom is -0.319 e. The number of anilines is 1. The minimum absolute atomic E-state index is 0.147. The molecule has 110 valence electrons. The molecule has 0 aliphatic heterocycles. The van der Waals surface area contributed by atoms with Gasteiger partial charge in [-0.25, -0.2) is 0 Å². The van der Waals surface area contributed by atoms with Gasteiger partial charge in [0.25, 0.3) is 5.91 Å². The predicted octanol–water partition coefficient (Wildman–Crippen LogP) is 3.84. The van der Waals surface area contributed by atoms with Crippen molar-refractivity contribution in [2.45, 2.75) is 6.54 Å². The van der Waals surface area contributed by atoms with Gasteiger partial charge in [-0.3, -0.25) is 9.48 Å². The van der Waals surface area contributed by atoms with Crippen molar-refractivity contribution in [1.82, 2.24) is 9.78 Å². The highest BCUT2D eigenvalue weighted by Crippen LogP contribution is 2.12. The number of hydrogen-bond acceptors (Lipinski definition) is 2. The van der Waals surface area contributed by atoms with E-state index in [-0.39, 0.29) is 5.91 Å². The largest absolute Gasteiger partial charge is 0.319 e. The Kier molecular flexibility index (Phi) is 4.21. The zero-order valence-corrected chi connectivity index (χ0v) is 12.5.